The Morgan fingerprint density at radius 2 is 2.09 bits per heavy atom. The standard InChI is InChI=1S/C19H29N3O/c1-2-12-22-13-7-19(8-14-22)15-17(19)18(23)21-9-3-4-16-5-10-20-11-6-16/h5-6,10-11,17H,2-4,7-9,12-15H2,1H3,(H,21,23)/t17-/m1/s1. The van der Waals surface area contributed by atoms with Crippen LogP contribution in [0.1, 0.15) is 44.6 Å². The van der Waals surface area contributed by atoms with Crippen molar-refractivity contribution in [1.82, 2.24) is 15.2 Å². The van der Waals surface area contributed by atoms with Gasteiger partial charge in [-0.25, -0.2) is 0 Å². The topological polar surface area (TPSA) is 45.2 Å². The van der Waals surface area contributed by atoms with Crippen molar-refractivity contribution in [1.29, 1.82) is 0 Å². The maximum absolute atomic E-state index is 12.4. The third-order valence-electron chi connectivity index (χ3n) is 5.59. The molecular weight excluding hydrogens is 286 g/mol. The lowest BCUT2D eigenvalue weighted by molar-refractivity contribution is -0.123. The Bertz CT molecular complexity index is 509. The van der Waals surface area contributed by atoms with Crippen LogP contribution in [-0.4, -0.2) is 42.0 Å². The monoisotopic (exact) mass is 315 g/mol. The van der Waals surface area contributed by atoms with Crippen molar-refractivity contribution in [3.8, 4) is 0 Å². The maximum atomic E-state index is 12.4. The molecule has 1 N–H and O–H groups in total. The third kappa shape index (κ3) is 4.11. The largest absolute Gasteiger partial charge is 0.356 e. The van der Waals surface area contributed by atoms with Crippen LogP contribution in [0.2, 0.25) is 0 Å². The van der Waals surface area contributed by atoms with E-state index in [1.807, 2.05) is 24.5 Å². The van der Waals surface area contributed by atoms with Gasteiger partial charge in [-0.2, -0.15) is 0 Å². The fraction of sp³-hybridized carbons (Fsp3) is 0.684. The van der Waals surface area contributed by atoms with E-state index in [2.05, 4.69) is 22.1 Å². The summed E-state index contributed by atoms with van der Waals surface area (Å²) in [6, 6.07) is 4.09. The van der Waals surface area contributed by atoms with Gasteiger partial charge in [-0.1, -0.05) is 6.92 Å². The number of nitrogens with one attached hydrogen (secondary N) is 1. The molecule has 3 rings (SSSR count). The summed E-state index contributed by atoms with van der Waals surface area (Å²) in [6.45, 7) is 6.60. The molecule has 0 bridgehead atoms. The molecule has 1 atom stereocenters. The van der Waals surface area contributed by atoms with Crippen molar-refractivity contribution >= 4 is 5.91 Å². The van der Waals surface area contributed by atoms with Gasteiger partial charge >= 0.3 is 0 Å². The summed E-state index contributed by atoms with van der Waals surface area (Å²) < 4.78 is 0. The van der Waals surface area contributed by atoms with Crippen LogP contribution in [0.15, 0.2) is 24.5 Å². The summed E-state index contributed by atoms with van der Waals surface area (Å²) >= 11 is 0. The van der Waals surface area contributed by atoms with Crippen molar-refractivity contribution in [3.63, 3.8) is 0 Å². The molecule has 4 nitrogen and oxygen atoms in total. The molecule has 23 heavy (non-hydrogen) atoms. The van der Waals surface area contributed by atoms with Gasteiger partial charge in [-0.3, -0.25) is 9.78 Å². The fourth-order valence-corrected chi connectivity index (χ4v) is 3.99. The minimum absolute atomic E-state index is 0.284. The van der Waals surface area contributed by atoms with Gasteiger partial charge in [-0.05, 0) is 81.3 Å². The number of carbonyl (C=O) groups is 1. The molecule has 1 saturated carbocycles. The number of hydrogen-bond acceptors (Lipinski definition) is 3. The van der Waals surface area contributed by atoms with E-state index in [0.29, 0.717) is 11.3 Å². The van der Waals surface area contributed by atoms with E-state index in [1.165, 1.54) is 44.5 Å². The number of aromatic nitrogens is 1. The average molecular weight is 315 g/mol. The first-order valence-corrected chi connectivity index (χ1v) is 9.12. The van der Waals surface area contributed by atoms with Gasteiger partial charge in [0.2, 0.25) is 5.91 Å². The number of amides is 1. The lowest BCUT2D eigenvalue weighted by atomic mass is 9.90. The number of nitrogens with zero attached hydrogens (tertiary/aromatic N) is 2. The van der Waals surface area contributed by atoms with E-state index in [4.69, 9.17) is 0 Å². The number of piperidine rings is 1. The Balaban J connectivity index is 1.34. The minimum atomic E-state index is 0.284. The van der Waals surface area contributed by atoms with E-state index in [9.17, 15) is 4.79 Å². The number of likely N-dealkylation sites (tertiary alicyclic amines) is 1. The van der Waals surface area contributed by atoms with Crippen LogP contribution in [0, 0.1) is 11.3 Å². The number of aryl methyl sites for hydroxylation is 1. The Kier molecular flexibility index (Phi) is 5.31. The highest BCUT2D eigenvalue weighted by atomic mass is 16.2. The molecule has 2 heterocycles. The van der Waals surface area contributed by atoms with Crippen molar-refractivity contribution < 1.29 is 4.79 Å². The normalized spacial score (nSPS) is 22.9. The zero-order valence-corrected chi connectivity index (χ0v) is 14.3. The zero-order chi connectivity index (χ0) is 16.1. The quantitative estimate of drug-likeness (QED) is 0.787. The molecule has 1 saturated heterocycles. The first kappa shape index (κ1) is 16.4. The maximum Gasteiger partial charge on any atom is 0.223 e. The van der Waals surface area contributed by atoms with E-state index in [-0.39, 0.29) is 5.92 Å². The van der Waals surface area contributed by atoms with Gasteiger partial charge in [0.15, 0.2) is 0 Å². The van der Waals surface area contributed by atoms with Gasteiger partial charge in [0.05, 0.1) is 0 Å². The molecule has 126 valence electrons. The van der Waals surface area contributed by atoms with E-state index in [1.54, 1.807) is 0 Å². The Hall–Kier alpha value is -1.42. The van der Waals surface area contributed by atoms with Gasteiger partial charge in [-0.15, -0.1) is 0 Å². The first-order valence-electron chi connectivity index (χ1n) is 9.12. The lowest BCUT2D eigenvalue weighted by Crippen LogP contribution is -2.37. The number of pyridine rings is 1. The summed E-state index contributed by atoms with van der Waals surface area (Å²) in [4.78, 5) is 18.9. The molecule has 1 spiro atoms. The molecule has 0 unspecified atom stereocenters. The second-order valence-electron chi connectivity index (χ2n) is 7.21. The summed E-state index contributed by atoms with van der Waals surface area (Å²) in [5, 5.41) is 3.15. The second kappa shape index (κ2) is 7.43. The zero-order valence-electron chi connectivity index (χ0n) is 14.3. The summed E-state index contributed by atoms with van der Waals surface area (Å²) in [5.41, 5.74) is 1.64. The van der Waals surface area contributed by atoms with Gasteiger partial charge < -0.3 is 10.2 Å². The van der Waals surface area contributed by atoms with Crippen LogP contribution in [0.5, 0.6) is 0 Å². The van der Waals surface area contributed by atoms with Crippen molar-refractivity contribution in [3.05, 3.63) is 30.1 Å². The van der Waals surface area contributed by atoms with Crippen LogP contribution < -0.4 is 5.32 Å². The Labute approximate surface area is 139 Å². The molecule has 0 radical (unpaired) electrons. The first-order chi connectivity index (χ1) is 11.2. The van der Waals surface area contributed by atoms with Crippen LogP contribution in [-0.2, 0) is 11.2 Å². The average Bonchev–Trinajstić information content (AvgIpc) is 3.29. The Morgan fingerprint density at radius 3 is 2.78 bits per heavy atom. The highest BCUT2D eigenvalue weighted by Gasteiger charge is 2.58. The number of carbonyl (C=O) groups excluding carboxylic acids is 1. The molecule has 1 aliphatic carbocycles. The summed E-state index contributed by atoms with van der Waals surface area (Å²) in [5.74, 6) is 0.580. The highest BCUT2D eigenvalue weighted by Crippen LogP contribution is 2.59. The molecule has 1 amide bonds. The highest BCUT2D eigenvalue weighted by molar-refractivity contribution is 5.82. The van der Waals surface area contributed by atoms with Gasteiger partial charge in [0.1, 0.15) is 0 Å². The SMILES string of the molecule is CCCN1CCC2(CC1)C[C@@H]2C(=O)NCCCc1ccncc1. The second-order valence-corrected chi connectivity index (χ2v) is 7.21. The van der Waals surface area contributed by atoms with Crippen LogP contribution >= 0.6 is 0 Å². The molecule has 1 aromatic rings. The summed E-state index contributed by atoms with van der Waals surface area (Å²) in [7, 11) is 0. The van der Waals surface area contributed by atoms with Crippen molar-refractivity contribution in [2.45, 2.75) is 45.4 Å². The smallest absolute Gasteiger partial charge is 0.223 e. The third-order valence-corrected chi connectivity index (χ3v) is 5.59. The molecule has 2 fully saturated rings. The fourth-order valence-electron chi connectivity index (χ4n) is 3.99. The van der Waals surface area contributed by atoms with Gasteiger partial charge in [0.25, 0.3) is 0 Å². The van der Waals surface area contributed by atoms with Crippen LogP contribution in [0.25, 0.3) is 0 Å². The molecule has 1 aromatic heterocycles. The van der Waals surface area contributed by atoms with E-state index in [0.717, 1.165) is 25.8 Å². The number of hydrogen-bond donors (Lipinski definition) is 1. The van der Waals surface area contributed by atoms with E-state index < -0.39 is 0 Å². The molecule has 4 heteroatoms. The Morgan fingerprint density at radius 1 is 1.35 bits per heavy atom. The molecular formula is C19H29N3O. The van der Waals surface area contributed by atoms with Crippen LogP contribution in [0.3, 0.4) is 0 Å². The predicted octanol–water partition coefficient (Wildman–Crippen LogP) is 2.64. The minimum Gasteiger partial charge on any atom is -0.356 e. The molecule has 0 aromatic carbocycles. The van der Waals surface area contributed by atoms with E-state index >= 15 is 0 Å². The van der Waals surface area contributed by atoms with Crippen molar-refractivity contribution in [2.75, 3.05) is 26.2 Å². The molecule has 2 aliphatic rings. The predicted molar refractivity (Wildman–Crippen MR) is 92.1 cm³/mol. The molecule has 1 aliphatic heterocycles. The van der Waals surface area contributed by atoms with Crippen molar-refractivity contribution in [2.24, 2.45) is 11.3 Å². The van der Waals surface area contributed by atoms with Gasteiger partial charge in [0, 0.05) is 24.9 Å². The number of rotatable bonds is 7. The van der Waals surface area contributed by atoms with Crippen LogP contribution in [0.4, 0.5) is 0 Å². The summed E-state index contributed by atoms with van der Waals surface area (Å²) in [6.07, 6.45) is 10.4. The lowest BCUT2D eigenvalue weighted by Gasteiger charge is -2.32.